The molecule has 0 saturated heterocycles. The molecule has 266 valence electrons. The lowest BCUT2D eigenvalue weighted by Crippen LogP contribution is -2.55. The Labute approximate surface area is 303 Å². The molecular formula is C42H44N6O4. The summed E-state index contributed by atoms with van der Waals surface area (Å²) >= 11 is 0. The van der Waals surface area contributed by atoms with Crippen LogP contribution in [0, 0.1) is 5.92 Å². The Morgan fingerprint density at radius 3 is 1.90 bits per heavy atom. The van der Waals surface area contributed by atoms with Gasteiger partial charge in [-0.1, -0.05) is 123 Å². The molecule has 0 fully saturated rings. The molecule has 2 aromatic heterocycles. The van der Waals surface area contributed by atoms with E-state index < -0.39 is 35.3 Å². The van der Waals surface area contributed by atoms with Crippen LogP contribution in [0.4, 0.5) is 0 Å². The van der Waals surface area contributed by atoms with Crippen LogP contribution in [-0.4, -0.2) is 63.6 Å². The number of nitrogens with zero attached hydrogens (tertiary/aromatic N) is 3. The van der Waals surface area contributed by atoms with Crippen LogP contribution >= 0.6 is 0 Å². The molecule has 3 amide bonds. The molecule has 0 unspecified atom stereocenters. The van der Waals surface area contributed by atoms with E-state index >= 15 is 0 Å². The van der Waals surface area contributed by atoms with Gasteiger partial charge in [0.2, 0.25) is 5.91 Å². The van der Waals surface area contributed by atoms with E-state index in [2.05, 4.69) is 56.6 Å². The van der Waals surface area contributed by atoms with Crippen molar-refractivity contribution in [1.29, 1.82) is 0 Å². The lowest BCUT2D eigenvalue weighted by Gasteiger charge is -2.37. The summed E-state index contributed by atoms with van der Waals surface area (Å²) in [6, 6.07) is 38.0. The molecule has 6 rings (SSSR count). The van der Waals surface area contributed by atoms with Crippen molar-refractivity contribution in [1.82, 2.24) is 30.2 Å². The minimum absolute atomic E-state index is 0.0735. The van der Waals surface area contributed by atoms with Gasteiger partial charge >= 0.3 is 0 Å². The van der Waals surface area contributed by atoms with Crippen LogP contribution in [0.3, 0.4) is 0 Å². The highest BCUT2D eigenvalue weighted by Gasteiger charge is 2.39. The van der Waals surface area contributed by atoms with E-state index in [4.69, 9.17) is 9.82 Å². The fourth-order valence-corrected chi connectivity index (χ4v) is 6.76. The van der Waals surface area contributed by atoms with Crippen LogP contribution in [0.5, 0.6) is 0 Å². The fraction of sp³-hybridized carbons (Fsp3) is 0.238. The molecule has 3 N–H and O–H groups in total. The largest absolute Gasteiger partial charge is 0.351 e. The Morgan fingerprint density at radius 2 is 1.37 bits per heavy atom. The molecule has 10 nitrogen and oxygen atoms in total. The van der Waals surface area contributed by atoms with Gasteiger partial charge in [-0.05, 0) is 41.2 Å². The van der Waals surface area contributed by atoms with Crippen LogP contribution in [0.15, 0.2) is 134 Å². The second kappa shape index (κ2) is 15.9. The first-order valence-electron chi connectivity index (χ1n) is 17.4. The predicted molar refractivity (Wildman–Crippen MR) is 201 cm³/mol. The number of likely N-dealkylation sites (N-methyl/N-ethyl adjacent to an activating group) is 1. The first kappa shape index (κ1) is 35.8. The van der Waals surface area contributed by atoms with Gasteiger partial charge in [-0.3, -0.25) is 19.2 Å². The maximum Gasteiger partial charge on any atom is 0.268 e. The number of carbonyl (C=O) groups is 3. The lowest BCUT2D eigenvalue weighted by atomic mass is 9.77. The maximum absolute atomic E-state index is 14.0. The number of rotatable bonds is 14. The summed E-state index contributed by atoms with van der Waals surface area (Å²) in [6.45, 7) is 3.95. The van der Waals surface area contributed by atoms with Crippen molar-refractivity contribution in [2.75, 3.05) is 14.2 Å². The minimum atomic E-state index is -1.04. The number of hydroxylamine groups is 2. The second-order valence-electron chi connectivity index (χ2n) is 13.3. The van der Waals surface area contributed by atoms with Gasteiger partial charge < -0.3 is 20.2 Å². The Kier molecular flexibility index (Phi) is 11.0. The van der Waals surface area contributed by atoms with Crippen molar-refractivity contribution >= 4 is 28.6 Å². The molecule has 52 heavy (non-hydrogen) atoms. The Bertz CT molecular complexity index is 1980. The van der Waals surface area contributed by atoms with Gasteiger partial charge in [-0.2, -0.15) is 0 Å². The van der Waals surface area contributed by atoms with Gasteiger partial charge in [0.05, 0.1) is 19.1 Å². The van der Waals surface area contributed by atoms with E-state index in [9.17, 15) is 14.4 Å². The number of hydrogen-bond donors (Lipinski definition) is 3. The Morgan fingerprint density at radius 1 is 0.808 bits per heavy atom. The van der Waals surface area contributed by atoms with Gasteiger partial charge in [0, 0.05) is 30.6 Å². The molecule has 0 saturated carbocycles. The first-order chi connectivity index (χ1) is 25.2. The number of amides is 3. The highest BCUT2D eigenvalue weighted by atomic mass is 16.7. The number of H-pyrrole nitrogens is 1. The second-order valence-corrected chi connectivity index (χ2v) is 13.3. The molecular weight excluding hydrogens is 652 g/mol. The third kappa shape index (κ3) is 7.52. The maximum atomic E-state index is 14.0. The summed E-state index contributed by atoms with van der Waals surface area (Å²) in [5, 5.41) is 7.80. The van der Waals surface area contributed by atoms with Crippen LogP contribution < -0.4 is 10.6 Å². The SMILES string of the molecule is CON(C)C(=O)[C@H](Cc1cn(C(c2ccccc2)(c2ccccc2)c2ccccc2)cn1)NC(=O)[C@H](CC(C)C)NC(=O)c1cc2ccccc2[nH]1. The average Bonchev–Trinajstić information content (AvgIpc) is 3.83. The highest BCUT2D eigenvalue weighted by Crippen LogP contribution is 2.40. The van der Waals surface area contributed by atoms with Crippen molar-refractivity contribution in [3.63, 3.8) is 0 Å². The predicted octanol–water partition coefficient (Wildman–Crippen LogP) is 6.10. The smallest absolute Gasteiger partial charge is 0.268 e. The number of fused-ring (bicyclic) bond motifs is 1. The zero-order chi connectivity index (χ0) is 36.7. The Balaban J connectivity index is 1.33. The fourth-order valence-electron chi connectivity index (χ4n) is 6.76. The number of aromatic nitrogens is 3. The van der Waals surface area contributed by atoms with E-state index in [1.165, 1.54) is 14.2 Å². The molecule has 0 bridgehead atoms. The number of hydrogen-bond acceptors (Lipinski definition) is 5. The summed E-state index contributed by atoms with van der Waals surface area (Å²) < 4.78 is 2.06. The minimum Gasteiger partial charge on any atom is -0.351 e. The summed E-state index contributed by atoms with van der Waals surface area (Å²) in [5.74, 6) is -1.28. The van der Waals surface area contributed by atoms with Gasteiger partial charge in [0.25, 0.3) is 11.8 Å². The summed E-state index contributed by atoms with van der Waals surface area (Å²) in [7, 11) is 2.89. The number of benzene rings is 4. The monoisotopic (exact) mass is 696 g/mol. The molecule has 0 radical (unpaired) electrons. The van der Waals surface area contributed by atoms with Crippen LogP contribution in [0.2, 0.25) is 0 Å². The molecule has 0 spiro atoms. The van der Waals surface area contributed by atoms with E-state index in [-0.39, 0.29) is 12.3 Å². The third-order valence-corrected chi connectivity index (χ3v) is 9.31. The normalized spacial score (nSPS) is 12.7. The molecule has 10 heteroatoms. The summed E-state index contributed by atoms with van der Waals surface area (Å²) in [6.07, 6.45) is 4.13. The highest BCUT2D eigenvalue weighted by molar-refractivity contribution is 6.00. The standard InChI is InChI=1S/C42H44N6O4/c1-29(2)24-36(45-40(50)37-25-30-16-14-15-23-35(30)44-37)39(49)46-38(41(51)47(3)52-4)26-34-27-48(28-43-34)42(31-17-8-5-9-18-31,32-19-10-6-11-20-32)33-21-12-7-13-22-33/h5-23,25,27-29,36,38,44H,24,26H2,1-4H3,(H,45,50)(H,46,49)/t36-,38-/m0/s1. The molecule has 0 aliphatic rings. The van der Waals surface area contributed by atoms with Crippen molar-refractivity contribution in [3.8, 4) is 0 Å². The van der Waals surface area contributed by atoms with E-state index in [0.29, 0.717) is 17.8 Å². The van der Waals surface area contributed by atoms with Crippen molar-refractivity contribution in [2.45, 2.75) is 44.3 Å². The lowest BCUT2D eigenvalue weighted by molar-refractivity contribution is -0.171. The molecule has 0 aliphatic carbocycles. The Hall–Kier alpha value is -6.00. The molecule has 4 aromatic carbocycles. The zero-order valence-corrected chi connectivity index (χ0v) is 29.8. The van der Waals surface area contributed by atoms with Crippen molar-refractivity contribution in [2.24, 2.45) is 5.92 Å². The van der Waals surface area contributed by atoms with Gasteiger partial charge in [-0.25, -0.2) is 10.0 Å². The number of aromatic amines is 1. The van der Waals surface area contributed by atoms with Gasteiger partial charge in [0.1, 0.15) is 23.3 Å². The molecule has 2 heterocycles. The van der Waals surface area contributed by atoms with E-state index in [1.54, 1.807) is 12.4 Å². The van der Waals surface area contributed by atoms with Crippen LogP contribution in [0.25, 0.3) is 10.9 Å². The quantitative estimate of drug-likeness (QED) is 0.0940. The van der Waals surface area contributed by atoms with Gasteiger partial charge in [-0.15, -0.1) is 0 Å². The zero-order valence-electron chi connectivity index (χ0n) is 29.8. The molecule has 6 aromatic rings. The topological polar surface area (TPSA) is 121 Å². The van der Waals surface area contributed by atoms with Crippen molar-refractivity contribution < 1.29 is 19.2 Å². The molecule has 0 aliphatic heterocycles. The van der Waals surface area contributed by atoms with Gasteiger partial charge in [0.15, 0.2) is 0 Å². The average molecular weight is 697 g/mol. The number of imidazole rings is 1. The van der Waals surface area contributed by atoms with E-state index in [1.807, 2.05) is 98.9 Å². The third-order valence-electron chi connectivity index (χ3n) is 9.31. The number of carbonyl (C=O) groups excluding carboxylic acids is 3. The number of para-hydroxylation sites is 1. The summed E-state index contributed by atoms with van der Waals surface area (Å²) in [4.78, 5) is 54.3. The molecule has 2 atom stereocenters. The van der Waals surface area contributed by atoms with Crippen molar-refractivity contribution in [3.05, 3.63) is 162 Å². The van der Waals surface area contributed by atoms with Crippen LogP contribution in [-0.2, 0) is 26.4 Å². The number of nitrogens with one attached hydrogen (secondary N) is 3. The summed E-state index contributed by atoms with van der Waals surface area (Å²) in [5.41, 5.74) is 4.03. The first-order valence-corrected chi connectivity index (χ1v) is 17.4. The van der Waals surface area contributed by atoms with E-state index in [0.717, 1.165) is 32.7 Å². The van der Waals surface area contributed by atoms with Crippen LogP contribution in [0.1, 0.15) is 53.1 Å².